The van der Waals surface area contributed by atoms with E-state index in [1.807, 2.05) is 6.92 Å². The molecule has 0 atom stereocenters. The Bertz CT molecular complexity index is 503. The maximum Gasteiger partial charge on any atom is 0.248 e. The molecule has 17 heavy (non-hydrogen) atoms. The van der Waals surface area contributed by atoms with E-state index in [1.54, 1.807) is 30.3 Å². The summed E-state index contributed by atoms with van der Waals surface area (Å²) in [6.07, 6.45) is 0.676. The normalized spacial score (nSPS) is 10.8. The van der Waals surface area contributed by atoms with Gasteiger partial charge in [-0.15, -0.1) is 0 Å². The quantitative estimate of drug-likeness (QED) is 0.802. The van der Waals surface area contributed by atoms with Gasteiger partial charge < -0.3 is 5.73 Å². The molecule has 92 valence electrons. The second kappa shape index (κ2) is 5.55. The molecule has 1 aromatic rings. The Kier molecular flexibility index (Phi) is 4.35. The largest absolute Gasteiger partial charge is 0.399 e. The molecule has 0 aliphatic rings. The van der Waals surface area contributed by atoms with Crippen molar-refractivity contribution < 1.29 is 8.42 Å². The summed E-state index contributed by atoms with van der Waals surface area (Å²) < 4.78 is 25.0. The molecule has 0 radical (unpaired) electrons. The van der Waals surface area contributed by atoms with Gasteiger partial charge in [0.1, 0.15) is 0 Å². The first-order chi connectivity index (χ1) is 8.01. The van der Waals surface area contributed by atoms with Gasteiger partial charge in [0, 0.05) is 12.2 Å². The van der Waals surface area contributed by atoms with Crippen molar-refractivity contribution in [3.63, 3.8) is 0 Å². The second-order valence-electron chi connectivity index (χ2n) is 3.58. The molecule has 0 spiro atoms. The molecule has 0 saturated carbocycles. The van der Waals surface area contributed by atoms with Gasteiger partial charge >= 0.3 is 0 Å². The van der Waals surface area contributed by atoms with Crippen LogP contribution in [0.4, 0.5) is 11.4 Å². The predicted molar refractivity (Wildman–Crippen MR) is 67.9 cm³/mol. The molecule has 0 amide bonds. The van der Waals surface area contributed by atoms with Gasteiger partial charge in [0.05, 0.1) is 11.8 Å². The molecule has 0 aromatic heterocycles. The fourth-order valence-electron chi connectivity index (χ4n) is 1.43. The second-order valence-corrected chi connectivity index (χ2v) is 5.47. The fourth-order valence-corrected chi connectivity index (χ4v) is 2.65. The highest BCUT2D eigenvalue weighted by Crippen LogP contribution is 2.20. The standard InChI is InChI=1S/C11H15N3O2S/c1-2-8-14(17(15,16)9-7-12)11-5-3-10(13)4-6-11/h3-6H,2,8-9,13H2,1H3. The average molecular weight is 253 g/mol. The van der Waals surface area contributed by atoms with Crippen LogP contribution in [0.3, 0.4) is 0 Å². The van der Waals surface area contributed by atoms with E-state index in [2.05, 4.69) is 0 Å². The van der Waals surface area contributed by atoms with Gasteiger partial charge in [0.25, 0.3) is 0 Å². The Morgan fingerprint density at radius 3 is 2.41 bits per heavy atom. The Morgan fingerprint density at radius 2 is 1.94 bits per heavy atom. The van der Waals surface area contributed by atoms with E-state index in [4.69, 9.17) is 11.0 Å². The van der Waals surface area contributed by atoms with E-state index in [0.29, 0.717) is 24.3 Å². The zero-order chi connectivity index (χ0) is 12.9. The number of nitrogens with two attached hydrogens (primary N) is 1. The number of sulfonamides is 1. The molecule has 0 fully saturated rings. The van der Waals surface area contributed by atoms with Crippen LogP contribution < -0.4 is 10.0 Å². The van der Waals surface area contributed by atoms with E-state index < -0.39 is 15.8 Å². The number of benzene rings is 1. The van der Waals surface area contributed by atoms with Crippen molar-refractivity contribution in [2.75, 3.05) is 22.3 Å². The zero-order valence-corrected chi connectivity index (χ0v) is 10.4. The van der Waals surface area contributed by atoms with E-state index in [9.17, 15) is 8.42 Å². The summed E-state index contributed by atoms with van der Waals surface area (Å²) in [6, 6.07) is 8.23. The molecule has 6 heteroatoms. The maximum atomic E-state index is 11.9. The summed E-state index contributed by atoms with van der Waals surface area (Å²) in [5, 5.41) is 8.53. The SMILES string of the molecule is CCCN(c1ccc(N)cc1)S(=O)(=O)CC#N. The minimum Gasteiger partial charge on any atom is -0.399 e. The summed E-state index contributed by atoms with van der Waals surface area (Å²) in [7, 11) is -3.57. The van der Waals surface area contributed by atoms with Crippen LogP contribution in [0, 0.1) is 11.3 Å². The summed E-state index contributed by atoms with van der Waals surface area (Å²) in [6.45, 7) is 2.24. The Balaban J connectivity index is 3.10. The lowest BCUT2D eigenvalue weighted by atomic mass is 10.3. The minimum absolute atomic E-state index is 0.355. The van der Waals surface area contributed by atoms with Crippen molar-refractivity contribution in [1.82, 2.24) is 0 Å². The molecular formula is C11H15N3O2S. The first-order valence-electron chi connectivity index (χ1n) is 5.24. The highest BCUT2D eigenvalue weighted by Gasteiger charge is 2.21. The summed E-state index contributed by atoms with van der Waals surface area (Å²) >= 11 is 0. The van der Waals surface area contributed by atoms with Gasteiger partial charge in [-0.05, 0) is 30.7 Å². The van der Waals surface area contributed by atoms with Crippen LogP contribution in [-0.2, 0) is 10.0 Å². The Hall–Kier alpha value is -1.74. The molecule has 0 aliphatic heterocycles. The third-order valence-corrected chi connectivity index (χ3v) is 3.75. The molecule has 1 rings (SSSR count). The number of hydrogen-bond donors (Lipinski definition) is 1. The third-order valence-electron chi connectivity index (χ3n) is 2.19. The van der Waals surface area contributed by atoms with Gasteiger partial charge in [-0.25, -0.2) is 8.42 Å². The molecule has 0 aliphatic carbocycles. The summed E-state index contributed by atoms with van der Waals surface area (Å²) in [5.41, 5.74) is 6.66. The van der Waals surface area contributed by atoms with Crippen LogP contribution >= 0.6 is 0 Å². The Morgan fingerprint density at radius 1 is 1.35 bits per heavy atom. The van der Waals surface area contributed by atoms with Crippen molar-refractivity contribution in [1.29, 1.82) is 5.26 Å². The smallest absolute Gasteiger partial charge is 0.248 e. The molecule has 0 unspecified atom stereocenters. The lowest BCUT2D eigenvalue weighted by molar-refractivity contribution is 0.593. The number of nitriles is 1. The van der Waals surface area contributed by atoms with Gasteiger partial charge in [-0.2, -0.15) is 5.26 Å². The third kappa shape index (κ3) is 3.36. The van der Waals surface area contributed by atoms with Gasteiger partial charge in [0.2, 0.25) is 10.0 Å². The molecular weight excluding hydrogens is 238 g/mol. The van der Waals surface area contributed by atoms with Crippen molar-refractivity contribution in [2.45, 2.75) is 13.3 Å². The van der Waals surface area contributed by atoms with E-state index in [1.165, 1.54) is 4.31 Å². The molecule has 2 N–H and O–H groups in total. The van der Waals surface area contributed by atoms with Crippen LogP contribution in [0.2, 0.25) is 0 Å². The minimum atomic E-state index is -3.57. The van der Waals surface area contributed by atoms with Crippen LogP contribution in [0.5, 0.6) is 0 Å². The first kappa shape index (κ1) is 13.3. The summed E-state index contributed by atoms with van der Waals surface area (Å²) in [5.74, 6) is -0.516. The monoisotopic (exact) mass is 253 g/mol. The topological polar surface area (TPSA) is 87.2 Å². The number of anilines is 2. The molecule has 0 heterocycles. The molecule has 5 nitrogen and oxygen atoms in total. The van der Waals surface area contributed by atoms with E-state index >= 15 is 0 Å². The van der Waals surface area contributed by atoms with Crippen LogP contribution in [0.15, 0.2) is 24.3 Å². The average Bonchev–Trinajstić information content (AvgIpc) is 2.27. The summed E-state index contributed by atoms with van der Waals surface area (Å²) in [4.78, 5) is 0. The molecule has 0 saturated heterocycles. The van der Waals surface area contributed by atoms with E-state index in [0.717, 1.165) is 0 Å². The molecule has 1 aromatic carbocycles. The number of rotatable bonds is 5. The van der Waals surface area contributed by atoms with Gasteiger partial charge in [-0.3, -0.25) is 4.31 Å². The number of nitrogens with zero attached hydrogens (tertiary/aromatic N) is 2. The van der Waals surface area contributed by atoms with E-state index in [-0.39, 0.29) is 0 Å². The lowest BCUT2D eigenvalue weighted by Gasteiger charge is -2.22. The van der Waals surface area contributed by atoms with Crippen LogP contribution in [0.1, 0.15) is 13.3 Å². The number of hydrogen-bond acceptors (Lipinski definition) is 4. The maximum absolute atomic E-state index is 11.9. The highest BCUT2D eigenvalue weighted by molar-refractivity contribution is 7.93. The Labute approximate surface area is 102 Å². The molecule has 0 bridgehead atoms. The predicted octanol–water partition coefficient (Wildman–Crippen LogP) is 1.34. The zero-order valence-electron chi connectivity index (χ0n) is 9.63. The van der Waals surface area contributed by atoms with Crippen molar-refractivity contribution in [2.24, 2.45) is 0 Å². The van der Waals surface area contributed by atoms with Crippen LogP contribution in [0.25, 0.3) is 0 Å². The van der Waals surface area contributed by atoms with Crippen molar-refractivity contribution in [3.05, 3.63) is 24.3 Å². The van der Waals surface area contributed by atoms with Crippen molar-refractivity contribution in [3.8, 4) is 6.07 Å². The first-order valence-corrected chi connectivity index (χ1v) is 6.85. The van der Waals surface area contributed by atoms with Crippen molar-refractivity contribution >= 4 is 21.4 Å². The lowest BCUT2D eigenvalue weighted by Crippen LogP contribution is -2.33. The highest BCUT2D eigenvalue weighted by atomic mass is 32.2. The van der Waals surface area contributed by atoms with Gasteiger partial charge in [-0.1, -0.05) is 6.92 Å². The van der Waals surface area contributed by atoms with Crippen LogP contribution in [-0.4, -0.2) is 20.7 Å². The fraction of sp³-hybridized carbons (Fsp3) is 0.364. The number of nitrogen functional groups attached to an aromatic ring is 1. The van der Waals surface area contributed by atoms with Gasteiger partial charge in [0.15, 0.2) is 5.75 Å².